The second-order valence-electron chi connectivity index (χ2n) is 3.74. The van der Waals surface area contributed by atoms with Gasteiger partial charge in [-0.1, -0.05) is 0 Å². The molecule has 0 saturated heterocycles. The zero-order valence-electron chi connectivity index (χ0n) is 9.60. The second kappa shape index (κ2) is 6.39. The summed E-state index contributed by atoms with van der Waals surface area (Å²) in [6.07, 6.45) is 4.59. The molecule has 0 unspecified atom stereocenters. The van der Waals surface area contributed by atoms with Crippen molar-refractivity contribution in [2.75, 3.05) is 13.6 Å². The number of carbonyl (C=O) groups is 2. The Bertz CT molecular complexity index is 405. The lowest BCUT2D eigenvalue weighted by atomic mass is 10.3. The lowest BCUT2D eigenvalue weighted by Crippen LogP contribution is -2.35. The fourth-order valence-corrected chi connectivity index (χ4v) is 1.69. The molecule has 2 amide bonds. The summed E-state index contributed by atoms with van der Waals surface area (Å²) >= 11 is 3.29. The second-order valence-corrected chi connectivity index (χ2v) is 4.66. The third-order valence-corrected chi connectivity index (χ3v) is 2.61. The SMILES string of the molecule is CN(CC(N)=O)C(=O)CCCn1cc(Br)cn1. The minimum atomic E-state index is -0.503. The number of aromatic nitrogens is 2. The third-order valence-electron chi connectivity index (χ3n) is 2.20. The molecular formula is C10H15BrN4O2. The van der Waals surface area contributed by atoms with E-state index in [2.05, 4.69) is 21.0 Å². The van der Waals surface area contributed by atoms with Crippen LogP contribution in [0.5, 0.6) is 0 Å². The summed E-state index contributed by atoms with van der Waals surface area (Å²) in [6, 6.07) is 0. The molecule has 1 aromatic rings. The molecule has 1 rings (SSSR count). The maximum Gasteiger partial charge on any atom is 0.237 e. The molecule has 0 aromatic carbocycles. The molecule has 0 aliphatic carbocycles. The molecule has 1 heterocycles. The molecule has 1 aromatic heterocycles. The molecule has 0 aliphatic heterocycles. The van der Waals surface area contributed by atoms with E-state index in [9.17, 15) is 9.59 Å². The Labute approximate surface area is 108 Å². The Morgan fingerprint density at radius 2 is 2.29 bits per heavy atom. The van der Waals surface area contributed by atoms with E-state index in [1.165, 1.54) is 4.90 Å². The first-order chi connectivity index (χ1) is 7.99. The maximum atomic E-state index is 11.6. The predicted molar refractivity (Wildman–Crippen MR) is 66.0 cm³/mol. The number of hydrogen-bond donors (Lipinski definition) is 1. The van der Waals surface area contributed by atoms with Gasteiger partial charge in [0.15, 0.2) is 0 Å². The summed E-state index contributed by atoms with van der Waals surface area (Å²) in [7, 11) is 1.57. The number of halogens is 1. The molecule has 7 heteroatoms. The monoisotopic (exact) mass is 302 g/mol. The zero-order valence-corrected chi connectivity index (χ0v) is 11.2. The fourth-order valence-electron chi connectivity index (χ4n) is 1.37. The molecule has 0 fully saturated rings. The van der Waals surface area contributed by atoms with Crippen LogP contribution in [-0.4, -0.2) is 40.1 Å². The van der Waals surface area contributed by atoms with Gasteiger partial charge in [0.1, 0.15) is 0 Å². The Balaban J connectivity index is 2.26. The molecule has 0 spiro atoms. The zero-order chi connectivity index (χ0) is 12.8. The minimum Gasteiger partial charge on any atom is -0.368 e. The van der Waals surface area contributed by atoms with Gasteiger partial charge in [0, 0.05) is 26.2 Å². The molecule has 2 N–H and O–H groups in total. The van der Waals surface area contributed by atoms with Crippen molar-refractivity contribution in [2.45, 2.75) is 19.4 Å². The molecule has 6 nitrogen and oxygen atoms in total. The van der Waals surface area contributed by atoms with Crippen LogP contribution in [0.15, 0.2) is 16.9 Å². The molecule has 0 saturated carbocycles. The molecule has 94 valence electrons. The Kier molecular flexibility index (Phi) is 5.14. The number of aryl methyl sites for hydroxylation is 1. The third kappa shape index (κ3) is 4.99. The summed E-state index contributed by atoms with van der Waals surface area (Å²) in [5, 5.41) is 4.08. The smallest absolute Gasteiger partial charge is 0.237 e. The summed E-state index contributed by atoms with van der Waals surface area (Å²) in [5.74, 6) is -0.591. The van der Waals surface area contributed by atoms with E-state index in [0.29, 0.717) is 19.4 Å². The van der Waals surface area contributed by atoms with Crippen LogP contribution in [0.2, 0.25) is 0 Å². The van der Waals surface area contributed by atoms with Crippen LogP contribution < -0.4 is 5.73 Å². The average Bonchev–Trinajstić information content (AvgIpc) is 2.63. The highest BCUT2D eigenvalue weighted by molar-refractivity contribution is 9.10. The largest absolute Gasteiger partial charge is 0.368 e. The predicted octanol–water partition coefficient (Wildman–Crippen LogP) is 0.369. The van der Waals surface area contributed by atoms with Gasteiger partial charge in [0.25, 0.3) is 0 Å². The topological polar surface area (TPSA) is 81.2 Å². The number of nitrogens with zero attached hydrogens (tertiary/aromatic N) is 3. The number of rotatable bonds is 6. The first kappa shape index (κ1) is 13.7. The Morgan fingerprint density at radius 3 is 2.82 bits per heavy atom. The highest BCUT2D eigenvalue weighted by atomic mass is 79.9. The van der Waals surface area contributed by atoms with Gasteiger partial charge >= 0.3 is 0 Å². The van der Waals surface area contributed by atoms with Crippen LogP contribution in [0.1, 0.15) is 12.8 Å². The fraction of sp³-hybridized carbons (Fsp3) is 0.500. The maximum absolute atomic E-state index is 11.6. The Hall–Kier alpha value is -1.37. The van der Waals surface area contributed by atoms with Gasteiger partial charge in [-0.3, -0.25) is 14.3 Å². The number of likely N-dealkylation sites (N-methyl/N-ethyl adjacent to an activating group) is 1. The van der Waals surface area contributed by atoms with Crippen molar-refractivity contribution in [1.29, 1.82) is 0 Å². The van der Waals surface area contributed by atoms with Gasteiger partial charge in [-0.2, -0.15) is 5.10 Å². The van der Waals surface area contributed by atoms with Crippen LogP contribution >= 0.6 is 15.9 Å². The normalized spacial score (nSPS) is 10.2. The highest BCUT2D eigenvalue weighted by Crippen LogP contribution is 2.07. The van der Waals surface area contributed by atoms with Gasteiger partial charge in [-0.05, 0) is 22.4 Å². The van der Waals surface area contributed by atoms with Crippen molar-refractivity contribution in [2.24, 2.45) is 5.73 Å². The van der Waals surface area contributed by atoms with Crippen molar-refractivity contribution in [3.8, 4) is 0 Å². The van der Waals surface area contributed by atoms with Crippen LogP contribution in [0.25, 0.3) is 0 Å². The van der Waals surface area contributed by atoms with E-state index in [0.717, 1.165) is 4.47 Å². The lowest BCUT2D eigenvalue weighted by molar-refractivity contribution is -0.133. The first-order valence-electron chi connectivity index (χ1n) is 5.19. The molecule has 17 heavy (non-hydrogen) atoms. The van der Waals surface area contributed by atoms with E-state index in [1.807, 2.05) is 6.20 Å². The van der Waals surface area contributed by atoms with E-state index in [-0.39, 0.29) is 12.5 Å². The van der Waals surface area contributed by atoms with Gasteiger partial charge in [-0.25, -0.2) is 0 Å². The number of carbonyl (C=O) groups excluding carboxylic acids is 2. The summed E-state index contributed by atoms with van der Waals surface area (Å²) in [6.45, 7) is 0.633. The van der Waals surface area contributed by atoms with E-state index >= 15 is 0 Å². The van der Waals surface area contributed by atoms with Gasteiger partial charge < -0.3 is 10.6 Å². The van der Waals surface area contributed by atoms with Crippen LogP contribution in [0.3, 0.4) is 0 Å². The van der Waals surface area contributed by atoms with E-state index in [1.54, 1.807) is 17.9 Å². The number of primary amides is 1. The first-order valence-corrected chi connectivity index (χ1v) is 5.98. The van der Waals surface area contributed by atoms with E-state index < -0.39 is 5.91 Å². The lowest BCUT2D eigenvalue weighted by Gasteiger charge is -2.14. The van der Waals surface area contributed by atoms with Crippen molar-refractivity contribution >= 4 is 27.7 Å². The van der Waals surface area contributed by atoms with Crippen molar-refractivity contribution < 1.29 is 9.59 Å². The van der Waals surface area contributed by atoms with E-state index in [4.69, 9.17) is 5.73 Å². The molecule has 0 atom stereocenters. The van der Waals surface area contributed by atoms with Crippen LogP contribution in [-0.2, 0) is 16.1 Å². The van der Waals surface area contributed by atoms with Crippen LogP contribution in [0, 0.1) is 0 Å². The van der Waals surface area contributed by atoms with Gasteiger partial charge in [0.2, 0.25) is 11.8 Å². The highest BCUT2D eigenvalue weighted by Gasteiger charge is 2.10. The standard InChI is InChI=1S/C10H15BrN4O2/c1-14(7-9(12)16)10(17)3-2-4-15-6-8(11)5-13-15/h5-6H,2-4,7H2,1H3,(H2,12,16). The van der Waals surface area contributed by atoms with Gasteiger partial charge in [0.05, 0.1) is 17.2 Å². The molecule has 0 bridgehead atoms. The molecule has 0 aliphatic rings. The average molecular weight is 303 g/mol. The van der Waals surface area contributed by atoms with Crippen molar-refractivity contribution in [1.82, 2.24) is 14.7 Å². The number of hydrogen-bond acceptors (Lipinski definition) is 3. The quantitative estimate of drug-likeness (QED) is 0.824. The summed E-state index contributed by atoms with van der Waals surface area (Å²) in [5.41, 5.74) is 5.00. The van der Waals surface area contributed by atoms with Crippen LogP contribution in [0.4, 0.5) is 0 Å². The Morgan fingerprint density at radius 1 is 1.59 bits per heavy atom. The summed E-state index contributed by atoms with van der Waals surface area (Å²) < 4.78 is 2.67. The molecular weight excluding hydrogens is 288 g/mol. The number of nitrogens with two attached hydrogens (primary N) is 1. The van der Waals surface area contributed by atoms with Crippen molar-refractivity contribution in [3.63, 3.8) is 0 Å². The molecule has 0 radical (unpaired) electrons. The number of amides is 2. The van der Waals surface area contributed by atoms with Crippen molar-refractivity contribution in [3.05, 3.63) is 16.9 Å². The minimum absolute atomic E-state index is 0.0356. The summed E-state index contributed by atoms with van der Waals surface area (Å²) in [4.78, 5) is 23.5. The van der Waals surface area contributed by atoms with Gasteiger partial charge in [-0.15, -0.1) is 0 Å².